The van der Waals surface area contributed by atoms with Gasteiger partial charge >= 0.3 is 0 Å². The SMILES string of the molecule is CN(CCOc1ccc(Br)cc1)CC1CCCCC1. The molecule has 0 unspecified atom stereocenters. The van der Waals surface area contributed by atoms with Crippen molar-refractivity contribution >= 4 is 15.9 Å². The summed E-state index contributed by atoms with van der Waals surface area (Å²) in [5, 5.41) is 0. The molecule has 0 spiro atoms. The van der Waals surface area contributed by atoms with E-state index in [-0.39, 0.29) is 0 Å². The summed E-state index contributed by atoms with van der Waals surface area (Å²) in [5.41, 5.74) is 0. The first kappa shape index (κ1) is 14.9. The lowest BCUT2D eigenvalue weighted by Crippen LogP contribution is -2.30. The Bertz CT molecular complexity index is 360. The number of likely N-dealkylation sites (N-methyl/N-ethyl adjacent to an activating group) is 1. The Balaban J connectivity index is 1.63. The van der Waals surface area contributed by atoms with Gasteiger partial charge in [-0.25, -0.2) is 0 Å². The van der Waals surface area contributed by atoms with Crippen molar-refractivity contribution in [3.8, 4) is 5.75 Å². The Morgan fingerprint density at radius 2 is 1.84 bits per heavy atom. The van der Waals surface area contributed by atoms with Gasteiger partial charge in [0, 0.05) is 17.6 Å². The molecule has 0 saturated heterocycles. The third-order valence-corrected chi connectivity index (χ3v) is 4.38. The molecule has 0 N–H and O–H groups in total. The van der Waals surface area contributed by atoms with Crippen molar-refractivity contribution in [3.05, 3.63) is 28.7 Å². The van der Waals surface area contributed by atoms with Crippen LogP contribution in [0, 0.1) is 5.92 Å². The van der Waals surface area contributed by atoms with Gasteiger partial charge in [0.25, 0.3) is 0 Å². The standard InChI is InChI=1S/C16H24BrNO/c1-18(13-14-5-3-2-4-6-14)11-12-19-16-9-7-15(17)8-10-16/h7-10,14H,2-6,11-13H2,1H3. The molecule has 0 radical (unpaired) electrons. The Hall–Kier alpha value is -0.540. The lowest BCUT2D eigenvalue weighted by molar-refractivity contribution is 0.195. The molecule has 0 heterocycles. The molecule has 1 fully saturated rings. The third kappa shape index (κ3) is 5.53. The van der Waals surface area contributed by atoms with E-state index in [2.05, 4.69) is 27.9 Å². The second-order valence-electron chi connectivity index (χ2n) is 5.57. The minimum atomic E-state index is 0.769. The van der Waals surface area contributed by atoms with Crippen molar-refractivity contribution in [2.24, 2.45) is 5.92 Å². The highest BCUT2D eigenvalue weighted by Crippen LogP contribution is 2.24. The van der Waals surface area contributed by atoms with E-state index in [1.54, 1.807) is 0 Å². The highest BCUT2D eigenvalue weighted by molar-refractivity contribution is 9.10. The predicted octanol–water partition coefficient (Wildman–Crippen LogP) is 4.34. The first-order valence-electron chi connectivity index (χ1n) is 7.31. The predicted molar refractivity (Wildman–Crippen MR) is 83.7 cm³/mol. The molecule has 0 bridgehead atoms. The van der Waals surface area contributed by atoms with Crippen molar-refractivity contribution in [1.82, 2.24) is 4.90 Å². The summed E-state index contributed by atoms with van der Waals surface area (Å²) in [6.45, 7) is 3.00. The summed E-state index contributed by atoms with van der Waals surface area (Å²) in [7, 11) is 2.21. The number of ether oxygens (including phenoxy) is 1. The van der Waals surface area contributed by atoms with Crippen LogP contribution in [0.3, 0.4) is 0 Å². The molecule has 1 aliphatic rings. The van der Waals surface area contributed by atoms with Gasteiger partial charge in [0.05, 0.1) is 0 Å². The van der Waals surface area contributed by atoms with Gasteiger partial charge in [-0.3, -0.25) is 0 Å². The van der Waals surface area contributed by atoms with Gasteiger partial charge in [-0.05, 0) is 50.1 Å². The number of nitrogens with zero attached hydrogens (tertiary/aromatic N) is 1. The minimum absolute atomic E-state index is 0.769. The second-order valence-corrected chi connectivity index (χ2v) is 6.48. The van der Waals surface area contributed by atoms with Crippen molar-refractivity contribution < 1.29 is 4.74 Å². The Kier molecular flexibility index (Phi) is 6.18. The highest BCUT2D eigenvalue weighted by Gasteiger charge is 2.15. The maximum Gasteiger partial charge on any atom is 0.119 e. The van der Waals surface area contributed by atoms with E-state index in [0.717, 1.165) is 29.3 Å². The molecule has 0 aliphatic heterocycles. The fourth-order valence-corrected chi connectivity index (χ4v) is 3.02. The smallest absolute Gasteiger partial charge is 0.119 e. The normalized spacial score (nSPS) is 16.8. The van der Waals surface area contributed by atoms with Crippen LogP contribution in [-0.4, -0.2) is 31.6 Å². The molecule has 1 aromatic rings. The number of rotatable bonds is 6. The van der Waals surface area contributed by atoms with Crippen LogP contribution in [0.2, 0.25) is 0 Å². The van der Waals surface area contributed by atoms with Crippen LogP contribution in [0.1, 0.15) is 32.1 Å². The van der Waals surface area contributed by atoms with E-state index < -0.39 is 0 Å². The lowest BCUT2D eigenvalue weighted by Gasteiger charge is -2.26. The lowest BCUT2D eigenvalue weighted by atomic mass is 9.89. The summed E-state index contributed by atoms with van der Waals surface area (Å²) in [6, 6.07) is 8.04. The molecular formula is C16H24BrNO. The molecule has 0 atom stereocenters. The molecule has 3 heteroatoms. The minimum Gasteiger partial charge on any atom is -0.492 e. The quantitative estimate of drug-likeness (QED) is 0.771. The maximum atomic E-state index is 5.76. The van der Waals surface area contributed by atoms with Crippen LogP contribution >= 0.6 is 15.9 Å². The van der Waals surface area contributed by atoms with Crippen LogP contribution in [0.25, 0.3) is 0 Å². The Morgan fingerprint density at radius 1 is 1.16 bits per heavy atom. The van der Waals surface area contributed by atoms with Crippen LogP contribution in [0.5, 0.6) is 5.75 Å². The second kappa shape index (κ2) is 7.91. The number of hydrogen-bond acceptors (Lipinski definition) is 2. The van der Waals surface area contributed by atoms with Crippen molar-refractivity contribution in [2.75, 3.05) is 26.7 Å². The highest BCUT2D eigenvalue weighted by atomic mass is 79.9. The van der Waals surface area contributed by atoms with E-state index in [9.17, 15) is 0 Å². The van der Waals surface area contributed by atoms with Crippen LogP contribution < -0.4 is 4.74 Å². The maximum absolute atomic E-state index is 5.76. The number of benzene rings is 1. The van der Waals surface area contributed by atoms with Crippen LogP contribution in [0.4, 0.5) is 0 Å². The van der Waals surface area contributed by atoms with Gasteiger partial charge in [0.1, 0.15) is 12.4 Å². The first-order chi connectivity index (χ1) is 9.24. The molecule has 2 rings (SSSR count). The molecule has 0 amide bonds. The summed E-state index contributed by atoms with van der Waals surface area (Å²) in [6.07, 6.45) is 7.12. The first-order valence-corrected chi connectivity index (χ1v) is 8.10. The summed E-state index contributed by atoms with van der Waals surface area (Å²) in [4.78, 5) is 2.41. The Morgan fingerprint density at radius 3 is 2.53 bits per heavy atom. The molecule has 19 heavy (non-hydrogen) atoms. The number of hydrogen-bond donors (Lipinski definition) is 0. The third-order valence-electron chi connectivity index (χ3n) is 3.85. The Labute approximate surface area is 125 Å². The fourth-order valence-electron chi connectivity index (χ4n) is 2.75. The van der Waals surface area contributed by atoms with Gasteiger partial charge in [-0.15, -0.1) is 0 Å². The molecule has 2 nitrogen and oxygen atoms in total. The molecular weight excluding hydrogens is 302 g/mol. The summed E-state index contributed by atoms with van der Waals surface area (Å²) in [5.74, 6) is 1.86. The molecule has 106 valence electrons. The van der Waals surface area contributed by atoms with E-state index in [1.807, 2.05) is 24.3 Å². The number of halogens is 1. The van der Waals surface area contributed by atoms with Crippen LogP contribution in [-0.2, 0) is 0 Å². The summed E-state index contributed by atoms with van der Waals surface area (Å²) < 4.78 is 6.85. The molecule has 1 aromatic carbocycles. The monoisotopic (exact) mass is 325 g/mol. The molecule has 0 aromatic heterocycles. The van der Waals surface area contributed by atoms with E-state index >= 15 is 0 Å². The topological polar surface area (TPSA) is 12.5 Å². The van der Waals surface area contributed by atoms with Crippen molar-refractivity contribution in [3.63, 3.8) is 0 Å². The average Bonchev–Trinajstić information content (AvgIpc) is 2.42. The van der Waals surface area contributed by atoms with Crippen LogP contribution in [0.15, 0.2) is 28.7 Å². The fraction of sp³-hybridized carbons (Fsp3) is 0.625. The van der Waals surface area contributed by atoms with E-state index in [0.29, 0.717) is 0 Å². The van der Waals surface area contributed by atoms with Crippen molar-refractivity contribution in [1.29, 1.82) is 0 Å². The zero-order chi connectivity index (χ0) is 13.5. The zero-order valence-corrected chi connectivity index (χ0v) is 13.4. The van der Waals surface area contributed by atoms with Gasteiger partial charge in [0.15, 0.2) is 0 Å². The van der Waals surface area contributed by atoms with E-state index in [1.165, 1.54) is 38.6 Å². The van der Waals surface area contributed by atoms with Gasteiger partial charge in [0.2, 0.25) is 0 Å². The zero-order valence-electron chi connectivity index (χ0n) is 11.8. The average molecular weight is 326 g/mol. The molecule has 1 saturated carbocycles. The van der Waals surface area contributed by atoms with Crippen molar-refractivity contribution in [2.45, 2.75) is 32.1 Å². The summed E-state index contributed by atoms with van der Waals surface area (Å²) >= 11 is 3.43. The van der Waals surface area contributed by atoms with Gasteiger partial charge < -0.3 is 9.64 Å². The largest absolute Gasteiger partial charge is 0.492 e. The van der Waals surface area contributed by atoms with Gasteiger partial charge in [-0.2, -0.15) is 0 Å². The van der Waals surface area contributed by atoms with Gasteiger partial charge in [-0.1, -0.05) is 35.2 Å². The molecule has 1 aliphatic carbocycles. The van der Waals surface area contributed by atoms with E-state index in [4.69, 9.17) is 4.74 Å².